The van der Waals surface area contributed by atoms with Gasteiger partial charge in [-0.1, -0.05) is 45.0 Å². The third-order valence-electron chi connectivity index (χ3n) is 3.23. The molecule has 1 aromatic carbocycles. The molecule has 0 spiro atoms. The van der Waals surface area contributed by atoms with Crippen molar-refractivity contribution in [2.75, 3.05) is 0 Å². The SMILES string of the molecule is CCc1ccc(-n2nnc(CN)c2C(C)(C)C)cc1. The number of aromatic nitrogens is 3. The van der Waals surface area contributed by atoms with Crippen LogP contribution in [0.1, 0.15) is 44.6 Å². The predicted octanol–water partition coefficient (Wildman–Crippen LogP) is 2.59. The molecule has 1 heterocycles. The highest BCUT2D eigenvalue weighted by atomic mass is 15.4. The van der Waals surface area contributed by atoms with Crippen molar-refractivity contribution in [3.05, 3.63) is 41.2 Å². The molecule has 0 unspecified atom stereocenters. The Balaban J connectivity index is 2.52. The standard InChI is InChI=1S/C15H22N4/c1-5-11-6-8-12(9-7-11)19-14(15(2,3)4)13(10-16)17-18-19/h6-9H,5,10,16H2,1-4H3. The van der Waals surface area contributed by atoms with Gasteiger partial charge >= 0.3 is 0 Å². The lowest BCUT2D eigenvalue weighted by atomic mass is 9.90. The number of hydrogen-bond acceptors (Lipinski definition) is 3. The minimum absolute atomic E-state index is 0.0400. The van der Waals surface area contributed by atoms with Gasteiger partial charge in [0, 0.05) is 12.0 Å². The van der Waals surface area contributed by atoms with Gasteiger partial charge in [-0.25, -0.2) is 4.68 Å². The van der Waals surface area contributed by atoms with Crippen LogP contribution in [0.25, 0.3) is 5.69 Å². The molecule has 19 heavy (non-hydrogen) atoms. The Morgan fingerprint density at radius 1 is 1.16 bits per heavy atom. The van der Waals surface area contributed by atoms with Gasteiger partial charge < -0.3 is 5.73 Å². The largest absolute Gasteiger partial charge is 0.325 e. The first kappa shape index (κ1) is 13.7. The number of aryl methyl sites for hydroxylation is 1. The predicted molar refractivity (Wildman–Crippen MR) is 77.3 cm³/mol. The van der Waals surface area contributed by atoms with E-state index in [4.69, 9.17) is 5.73 Å². The molecule has 0 aliphatic carbocycles. The van der Waals surface area contributed by atoms with Crippen molar-refractivity contribution in [1.82, 2.24) is 15.0 Å². The molecular weight excluding hydrogens is 236 g/mol. The third kappa shape index (κ3) is 2.68. The van der Waals surface area contributed by atoms with Crippen LogP contribution in [0.4, 0.5) is 0 Å². The minimum Gasteiger partial charge on any atom is -0.325 e. The van der Waals surface area contributed by atoms with Crippen molar-refractivity contribution in [3.8, 4) is 5.69 Å². The average molecular weight is 258 g/mol. The second-order valence-electron chi connectivity index (χ2n) is 5.77. The Labute approximate surface area is 114 Å². The van der Waals surface area contributed by atoms with Crippen LogP contribution in [-0.4, -0.2) is 15.0 Å². The van der Waals surface area contributed by atoms with Crippen molar-refractivity contribution in [2.24, 2.45) is 5.73 Å². The molecule has 0 atom stereocenters. The van der Waals surface area contributed by atoms with Gasteiger partial charge in [-0.15, -0.1) is 5.10 Å². The van der Waals surface area contributed by atoms with Crippen molar-refractivity contribution in [3.63, 3.8) is 0 Å². The van der Waals surface area contributed by atoms with E-state index >= 15 is 0 Å². The molecule has 0 saturated heterocycles. The lowest BCUT2D eigenvalue weighted by Gasteiger charge is -2.21. The van der Waals surface area contributed by atoms with E-state index < -0.39 is 0 Å². The summed E-state index contributed by atoms with van der Waals surface area (Å²) in [6.07, 6.45) is 1.04. The van der Waals surface area contributed by atoms with Crippen LogP contribution in [-0.2, 0) is 18.4 Å². The zero-order valence-corrected chi connectivity index (χ0v) is 12.1. The third-order valence-corrected chi connectivity index (χ3v) is 3.23. The summed E-state index contributed by atoms with van der Waals surface area (Å²) in [7, 11) is 0. The van der Waals surface area contributed by atoms with Gasteiger partial charge in [0.25, 0.3) is 0 Å². The van der Waals surface area contributed by atoms with Crippen LogP contribution in [0.2, 0.25) is 0 Å². The van der Waals surface area contributed by atoms with Gasteiger partial charge in [-0.3, -0.25) is 0 Å². The summed E-state index contributed by atoms with van der Waals surface area (Å²) < 4.78 is 1.90. The van der Waals surface area contributed by atoms with Crippen LogP contribution >= 0.6 is 0 Å². The van der Waals surface area contributed by atoms with E-state index in [1.165, 1.54) is 5.56 Å². The fourth-order valence-corrected chi connectivity index (χ4v) is 2.25. The van der Waals surface area contributed by atoms with Crippen molar-refractivity contribution >= 4 is 0 Å². The zero-order valence-electron chi connectivity index (χ0n) is 12.1. The number of hydrogen-bond donors (Lipinski definition) is 1. The quantitative estimate of drug-likeness (QED) is 0.920. The summed E-state index contributed by atoms with van der Waals surface area (Å²) >= 11 is 0. The molecule has 1 aromatic heterocycles. The monoisotopic (exact) mass is 258 g/mol. The smallest absolute Gasteiger partial charge is 0.100 e. The van der Waals surface area contributed by atoms with Gasteiger partial charge in [0.05, 0.1) is 11.4 Å². The van der Waals surface area contributed by atoms with Crippen LogP contribution in [0.5, 0.6) is 0 Å². The number of nitrogens with zero attached hydrogens (tertiary/aromatic N) is 3. The first-order valence-electron chi connectivity index (χ1n) is 6.71. The molecule has 2 rings (SSSR count). The molecule has 4 nitrogen and oxygen atoms in total. The fourth-order valence-electron chi connectivity index (χ4n) is 2.25. The molecule has 0 amide bonds. The number of rotatable bonds is 3. The van der Waals surface area contributed by atoms with Crippen molar-refractivity contribution in [1.29, 1.82) is 0 Å². The molecule has 0 bridgehead atoms. The number of nitrogens with two attached hydrogens (primary N) is 1. The van der Waals surface area contributed by atoms with Crippen LogP contribution in [0.15, 0.2) is 24.3 Å². The Kier molecular flexibility index (Phi) is 3.71. The maximum Gasteiger partial charge on any atom is 0.100 e. The van der Waals surface area contributed by atoms with E-state index in [2.05, 4.69) is 62.3 Å². The van der Waals surface area contributed by atoms with E-state index in [-0.39, 0.29) is 5.41 Å². The van der Waals surface area contributed by atoms with Gasteiger partial charge in [0.2, 0.25) is 0 Å². The van der Waals surface area contributed by atoms with E-state index in [0.29, 0.717) is 6.54 Å². The first-order chi connectivity index (χ1) is 8.97. The molecule has 0 saturated carbocycles. The second kappa shape index (κ2) is 5.13. The first-order valence-corrected chi connectivity index (χ1v) is 6.71. The normalized spacial score (nSPS) is 11.8. The van der Waals surface area contributed by atoms with Crippen molar-refractivity contribution in [2.45, 2.75) is 46.1 Å². The Hall–Kier alpha value is -1.68. The van der Waals surface area contributed by atoms with E-state index in [1.807, 2.05) is 4.68 Å². The summed E-state index contributed by atoms with van der Waals surface area (Å²) in [5.74, 6) is 0. The van der Waals surface area contributed by atoms with E-state index in [0.717, 1.165) is 23.5 Å². The van der Waals surface area contributed by atoms with E-state index in [1.54, 1.807) is 0 Å². The Bertz CT molecular complexity index is 547. The van der Waals surface area contributed by atoms with Gasteiger partial charge in [0.1, 0.15) is 5.69 Å². The lowest BCUT2D eigenvalue weighted by Crippen LogP contribution is -2.20. The Morgan fingerprint density at radius 2 is 1.79 bits per heavy atom. The molecule has 2 N–H and O–H groups in total. The highest BCUT2D eigenvalue weighted by molar-refractivity contribution is 5.37. The molecule has 102 valence electrons. The summed E-state index contributed by atoms with van der Waals surface area (Å²) in [6, 6.07) is 8.43. The number of benzene rings is 1. The van der Waals surface area contributed by atoms with E-state index in [9.17, 15) is 0 Å². The van der Waals surface area contributed by atoms with Crippen LogP contribution in [0.3, 0.4) is 0 Å². The molecule has 2 aromatic rings. The average Bonchev–Trinajstić information content (AvgIpc) is 2.82. The lowest BCUT2D eigenvalue weighted by molar-refractivity contribution is 0.537. The summed E-state index contributed by atoms with van der Waals surface area (Å²) in [6.45, 7) is 9.03. The minimum atomic E-state index is -0.0400. The zero-order chi connectivity index (χ0) is 14.0. The van der Waals surface area contributed by atoms with Crippen molar-refractivity contribution < 1.29 is 0 Å². The second-order valence-corrected chi connectivity index (χ2v) is 5.77. The van der Waals surface area contributed by atoms with Gasteiger partial charge in [-0.2, -0.15) is 0 Å². The fraction of sp³-hybridized carbons (Fsp3) is 0.467. The van der Waals surface area contributed by atoms with Crippen LogP contribution in [0, 0.1) is 0 Å². The van der Waals surface area contributed by atoms with Gasteiger partial charge in [0.15, 0.2) is 0 Å². The Morgan fingerprint density at radius 3 is 2.26 bits per heavy atom. The molecule has 4 heteroatoms. The topological polar surface area (TPSA) is 56.7 Å². The van der Waals surface area contributed by atoms with Gasteiger partial charge in [-0.05, 0) is 24.1 Å². The molecule has 0 aliphatic heterocycles. The molecule has 0 fully saturated rings. The summed E-state index contributed by atoms with van der Waals surface area (Å²) in [5, 5.41) is 8.47. The summed E-state index contributed by atoms with van der Waals surface area (Å²) in [5.41, 5.74) is 10.0. The van der Waals surface area contributed by atoms with Crippen LogP contribution < -0.4 is 5.73 Å². The summed E-state index contributed by atoms with van der Waals surface area (Å²) in [4.78, 5) is 0. The molecule has 0 aliphatic rings. The highest BCUT2D eigenvalue weighted by Gasteiger charge is 2.25. The molecular formula is C15H22N4. The molecule has 0 radical (unpaired) electrons. The maximum atomic E-state index is 5.77. The maximum absolute atomic E-state index is 5.77. The highest BCUT2D eigenvalue weighted by Crippen LogP contribution is 2.26.